The van der Waals surface area contributed by atoms with E-state index < -0.39 is 15.9 Å². The number of hydrogen-bond donors (Lipinski definition) is 1. The summed E-state index contributed by atoms with van der Waals surface area (Å²) in [6.07, 6.45) is 1.23. The van der Waals surface area contributed by atoms with Crippen LogP contribution in [0.4, 0.5) is 5.69 Å². The number of nitrogens with zero attached hydrogens (tertiary/aromatic N) is 1. The molecule has 26 heavy (non-hydrogen) atoms. The third-order valence-corrected chi connectivity index (χ3v) is 7.04. The zero-order valence-electron chi connectivity index (χ0n) is 13.9. The van der Waals surface area contributed by atoms with Crippen LogP contribution in [-0.2, 0) is 14.8 Å². The highest BCUT2D eigenvalue weighted by Crippen LogP contribution is 2.31. The van der Waals surface area contributed by atoms with Crippen molar-refractivity contribution in [2.24, 2.45) is 5.92 Å². The molecule has 2 aromatic rings. The Morgan fingerprint density at radius 2 is 1.81 bits per heavy atom. The van der Waals surface area contributed by atoms with Gasteiger partial charge in [-0.1, -0.05) is 47.5 Å². The van der Waals surface area contributed by atoms with Crippen molar-refractivity contribution in [2.45, 2.75) is 17.7 Å². The van der Waals surface area contributed by atoms with Crippen molar-refractivity contribution in [3.8, 4) is 0 Å². The minimum Gasteiger partial charge on any atom is -0.324 e. The zero-order chi connectivity index (χ0) is 18.7. The predicted molar refractivity (Wildman–Crippen MR) is 103 cm³/mol. The lowest BCUT2D eigenvalue weighted by molar-refractivity contribution is -0.120. The van der Waals surface area contributed by atoms with Gasteiger partial charge in [-0.25, -0.2) is 8.42 Å². The molecule has 0 radical (unpaired) electrons. The third-order valence-electron chi connectivity index (χ3n) is 4.35. The summed E-state index contributed by atoms with van der Waals surface area (Å²) in [6, 6.07) is 13.2. The molecular formula is C18H18Cl2N2O3S. The van der Waals surface area contributed by atoms with Gasteiger partial charge in [0.2, 0.25) is 15.9 Å². The Kier molecular flexibility index (Phi) is 5.87. The SMILES string of the molecule is O=C(Nc1cccc(Cl)c1Cl)[C@H]1CCCN(S(=O)(=O)c2ccccc2)C1. The number of sulfonamides is 1. The van der Waals surface area contributed by atoms with Crippen LogP contribution in [0.15, 0.2) is 53.4 Å². The molecule has 138 valence electrons. The topological polar surface area (TPSA) is 66.5 Å². The molecule has 1 aliphatic heterocycles. The van der Waals surface area contributed by atoms with E-state index in [0.717, 1.165) is 0 Å². The maximum atomic E-state index is 12.8. The Labute approximate surface area is 163 Å². The molecule has 0 bridgehead atoms. The summed E-state index contributed by atoms with van der Waals surface area (Å²) >= 11 is 12.1. The van der Waals surface area contributed by atoms with Crippen LogP contribution in [0.25, 0.3) is 0 Å². The third kappa shape index (κ3) is 4.04. The molecule has 0 spiro atoms. The van der Waals surface area contributed by atoms with Crippen LogP contribution in [0.3, 0.4) is 0 Å². The number of rotatable bonds is 4. The fourth-order valence-corrected chi connectivity index (χ4v) is 4.84. The Morgan fingerprint density at radius 1 is 1.08 bits per heavy atom. The molecule has 1 heterocycles. The van der Waals surface area contributed by atoms with Gasteiger partial charge in [0.25, 0.3) is 0 Å². The van der Waals surface area contributed by atoms with Crippen LogP contribution in [0.1, 0.15) is 12.8 Å². The molecule has 0 aliphatic carbocycles. The Balaban J connectivity index is 1.74. The number of carbonyl (C=O) groups is 1. The van der Waals surface area contributed by atoms with Gasteiger partial charge in [0.15, 0.2) is 0 Å². The average molecular weight is 413 g/mol. The van der Waals surface area contributed by atoms with Gasteiger partial charge in [0.1, 0.15) is 0 Å². The number of nitrogens with one attached hydrogen (secondary N) is 1. The van der Waals surface area contributed by atoms with E-state index in [9.17, 15) is 13.2 Å². The van der Waals surface area contributed by atoms with Crippen LogP contribution >= 0.6 is 23.2 Å². The fourth-order valence-electron chi connectivity index (χ4n) is 2.95. The molecule has 2 aromatic carbocycles. The summed E-state index contributed by atoms with van der Waals surface area (Å²) in [4.78, 5) is 12.8. The summed E-state index contributed by atoms with van der Waals surface area (Å²) in [5.41, 5.74) is 0.423. The van der Waals surface area contributed by atoms with E-state index in [0.29, 0.717) is 30.1 Å². The molecule has 1 aliphatic rings. The van der Waals surface area contributed by atoms with E-state index in [1.54, 1.807) is 48.5 Å². The summed E-state index contributed by atoms with van der Waals surface area (Å²) in [7, 11) is -3.61. The fraction of sp³-hybridized carbons (Fsp3) is 0.278. The maximum absolute atomic E-state index is 12.8. The van der Waals surface area contributed by atoms with E-state index in [2.05, 4.69) is 5.32 Å². The molecule has 1 fully saturated rings. The average Bonchev–Trinajstić information content (AvgIpc) is 2.66. The highest BCUT2D eigenvalue weighted by Gasteiger charge is 2.33. The number of piperidine rings is 1. The van der Waals surface area contributed by atoms with E-state index >= 15 is 0 Å². The Hall–Kier alpha value is -1.60. The monoisotopic (exact) mass is 412 g/mol. The van der Waals surface area contributed by atoms with Crippen molar-refractivity contribution in [2.75, 3.05) is 18.4 Å². The second-order valence-corrected chi connectivity index (χ2v) is 8.83. The number of anilines is 1. The highest BCUT2D eigenvalue weighted by molar-refractivity contribution is 7.89. The lowest BCUT2D eigenvalue weighted by Crippen LogP contribution is -2.43. The van der Waals surface area contributed by atoms with E-state index in [-0.39, 0.29) is 22.4 Å². The Morgan fingerprint density at radius 3 is 2.54 bits per heavy atom. The first-order chi connectivity index (χ1) is 12.4. The van der Waals surface area contributed by atoms with E-state index in [1.807, 2.05) is 0 Å². The molecule has 1 atom stereocenters. The maximum Gasteiger partial charge on any atom is 0.243 e. The van der Waals surface area contributed by atoms with E-state index in [4.69, 9.17) is 23.2 Å². The van der Waals surface area contributed by atoms with Gasteiger partial charge in [-0.15, -0.1) is 0 Å². The molecule has 0 aromatic heterocycles. The van der Waals surface area contributed by atoms with Crippen molar-refractivity contribution < 1.29 is 13.2 Å². The van der Waals surface area contributed by atoms with Gasteiger partial charge < -0.3 is 5.32 Å². The van der Waals surface area contributed by atoms with Crippen molar-refractivity contribution in [3.05, 3.63) is 58.6 Å². The molecule has 3 rings (SSSR count). The molecule has 1 saturated heterocycles. The molecule has 1 amide bonds. The number of halogens is 2. The molecule has 0 unspecified atom stereocenters. The minimum atomic E-state index is -3.61. The second-order valence-electron chi connectivity index (χ2n) is 6.11. The van der Waals surface area contributed by atoms with Gasteiger partial charge in [-0.3, -0.25) is 4.79 Å². The van der Waals surface area contributed by atoms with Crippen LogP contribution < -0.4 is 5.32 Å². The highest BCUT2D eigenvalue weighted by atomic mass is 35.5. The molecule has 8 heteroatoms. The molecular weight excluding hydrogens is 395 g/mol. The largest absolute Gasteiger partial charge is 0.324 e. The smallest absolute Gasteiger partial charge is 0.243 e. The normalized spacial score (nSPS) is 18.5. The molecule has 5 nitrogen and oxygen atoms in total. The Bertz CT molecular complexity index is 904. The first-order valence-electron chi connectivity index (χ1n) is 8.19. The summed E-state index contributed by atoms with van der Waals surface area (Å²) in [5.74, 6) is -0.709. The number of benzene rings is 2. The number of hydrogen-bond acceptors (Lipinski definition) is 3. The first kappa shape index (κ1) is 19.2. The first-order valence-corrected chi connectivity index (χ1v) is 10.4. The van der Waals surface area contributed by atoms with Crippen LogP contribution in [0.2, 0.25) is 10.0 Å². The summed E-state index contributed by atoms with van der Waals surface area (Å²) < 4.78 is 26.9. The number of amides is 1. The van der Waals surface area contributed by atoms with Gasteiger partial charge in [-0.05, 0) is 37.1 Å². The lowest BCUT2D eigenvalue weighted by Gasteiger charge is -2.31. The van der Waals surface area contributed by atoms with Crippen molar-refractivity contribution >= 4 is 44.8 Å². The molecule has 0 saturated carbocycles. The summed E-state index contributed by atoms with van der Waals surface area (Å²) in [6.45, 7) is 0.542. The predicted octanol–water partition coefficient (Wildman–Crippen LogP) is 4.03. The lowest BCUT2D eigenvalue weighted by atomic mass is 9.99. The van der Waals surface area contributed by atoms with Crippen LogP contribution in [-0.4, -0.2) is 31.7 Å². The van der Waals surface area contributed by atoms with Crippen molar-refractivity contribution in [1.82, 2.24) is 4.31 Å². The van der Waals surface area contributed by atoms with E-state index in [1.165, 1.54) is 4.31 Å². The van der Waals surface area contributed by atoms with Gasteiger partial charge in [-0.2, -0.15) is 4.31 Å². The van der Waals surface area contributed by atoms with Crippen molar-refractivity contribution in [3.63, 3.8) is 0 Å². The van der Waals surface area contributed by atoms with Gasteiger partial charge >= 0.3 is 0 Å². The van der Waals surface area contributed by atoms with Gasteiger partial charge in [0.05, 0.1) is 26.5 Å². The van der Waals surface area contributed by atoms with Crippen LogP contribution in [0.5, 0.6) is 0 Å². The quantitative estimate of drug-likeness (QED) is 0.823. The van der Waals surface area contributed by atoms with Gasteiger partial charge in [0, 0.05) is 13.1 Å². The number of carbonyl (C=O) groups excluding carboxylic acids is 1. The second kappa shape index (κ2) is 7.96. The summed E-state index contributed by atoms with van der Waals surface area (Å²) in [5, 5.41) is 3.37. The zero-order valence-corrected chi connectivity index (χ0v) is 16.2. The van der Waals surface area contributed by atoms with Crippen molar-refractivity contribution in [1.29, 1.82) is 0 Å². The van der Waals surface area contributed by atoms with Crippen LogP contribution in [0, 0.1) is 5.92 Å². The minimum absolute atomic E-state index is 0.140. The molecule has 1 N–H and O–H groups in total. The standard InChI is InChI=1S/C18H18Cl2N2O3S/c19-15-9-4-10-16(17(15)20)21-18(23)13-6-5-11-22(12-13)26(24,25)14-7-2-1-3-8-14/h1-4,7-10,13H,5-6,11-12H2,(H,21,23)/t13-/m0/s1.